The van der Waals surface area contributed by atoms with Gasteiger partial charge in [-0.25, -0.2) is 4.98 Å². The Labute approximate surface area is 203 Å². The quantitative estimate of drug-likeness (QED) is 0.383. The molecule has 0 spiro atoms. The second kappa shape index (κ2) is 11.3. The number of anilines is 1. The molecular formula is C29H36N4O. The molecule has 178 valence electrons. The maximum absolute atomic E-state index is 13.2. The van der Waals surface area contributed by atoms with Crippen LogP contribution in [0.5, 0.6) is 0 Å². The number of nitrogens with one attached hydrogen (secondary N) is 2. The number of nitrogens with zero attached hydrogens (tertiary/aromatic N) is 2. The summed E-state index contributed by atoms with van der Waals surface area (Å²) in [6.45, 7) is 12.5. The molecule has 5 heteroatoms. The number of benzene rings is 2. The molecule has 0 radical (unpaired) electrons. The lowest BCUT2D eigenvalue weighted by Crippen LogP contribution is -2.36. The zero-order valence-electron chi connectivity index (χ0n) is 20.4. The van der Waals surface area contributed by atoms with E-state index in [0.29, 0.717) is 12.1 Å². The molecule has 1 atom stereocenters. The first-order valence-electron chi connectivity index (χ1n) is 12.5. The van der Waals surface area contributed by atoms with Crippen LogP contribution in [0.3, 0.4) is 0 Å². The highest BCUT2D eigenvalue weighted by molar-refractivity contribution is 6.07. The van der Waals surface area contributed by atoms with Crippen LogP contribution in [0, 0.1) is 5.92 Å². The maximum atomic E-state index is 13.2. The smallest absolute Gasteiger partial charge is 0.252 e. The molecule has 4 rings (SSSR count). The van der Waals surface area contributed by atoms with E-state index in [1.807, 2.05) is 54.6 Å². The Balaban J connectivity index is 1.47. The van der Waals surface area contributed by atoms with Crippen LogP contribution < -0.4 is 10.6 Å². The lowest BCUT2D eigenvalue weighted by Gasteiger charge is -2.30. The molecule has 1 unspecified atom stereocenters. The van der Waals surface area contributed by atoms with Gasteiger partial charge in [0.05, 0.1) is 16.8 Å². The van der Waals surface area contributed by atoms with Gasteiger partial charge < -0.3 is 15.5 Å². The number of allylic oxidation sites excluding steroid dienone is 1. The van der Waals surface area contributed by atoms with Crippen molar-refractivity contribution in [2.75, 3.05) is 31.5 Å². The van der Waals surface area contributed by atoms with Crippen molar-refractivity contribution in [2.24, 2.45) is 5.92 Å². The van der Waals surface area contributed by atoms with E-state index < -0.39 is 0 Å². The summed E-state index contributed by atoms with van der Waals surface area (Å²) in [4.78, 5) is 20.5. The lowest BCUT2D eigenvalue weighted by molar-refractivity contribution is 0.0951. The normalized spacial score (nSPS) is 16.4. The molecule has 3 aromatic rings. The van der Waals surface area contributed by atoms with Crippen molar-refractivity contribution in [3.8, 4) is 11.3 Å². The summed E-state index contributed by atoms with van der Waals surface area (Å²) < 4.78 is 0. The second-order valence-electron chi connectivity index (χ2n) is 9.39. The predicted octanol–water partition coefficient (Wildman–Crippen LogP) is 6.09. The van der Waals surface area contributed by atoms with Crippen LogP contribution in [0.25, 0.3) is 22.2 Å². The molecule has 0 bridgehead atoms. The van der Waals surface area contributed by atoms with Crippen molar-refractivity contribution in [3.63, 3.8) is 0 Å². The molecule has 1 fully saturated rings. The molecule has 0 saturated carbocycles. The van der Waals surface area contributed by atoms with Crippen LogP contribution in [-0.4, -0.2) is 42.0 Å². The van der Waals surface area contributed by atoms with Crippen molar-refractivity contribution in [3.05, 3.63) is 72.4 Å². The number of piperidine rings is 1. The monoisotopic (exact) mass is 456 g/mol. The number of fused-ring (bicyclic) bond motifs is 1. The number of rotatable bonds is 9. The van der Waals surface area contributed by atoms with Crippen LogP contribution in [0.4, 0.5) is 5.69 Å². The minimum absolute atomic E-state index is 0.0376. The zero-order chi connectivity index (χ0) is 23.9. The highest BCUT2D eigenvalue weighted by atomic mass is 16.1. The van der Waals surface area contributed by atoms with Gasteiger partial charge in [-0.1, -0.05) is 50.8 Å². The maximum Gasteiger partial charge on any atom is 0.252 e. The average Bonchev–Trinajstić information content (AvgIpc) is 2.86. The average molecular weight is 457 g/mol. The fourth-order valence-corrected chi connectivity index (χ4v) is 4.62. The van der Waals surface area contributed by atoms with E-state index >= 15 is 0 Å². The van der Waals surface area contributed by atoms with E-state index in [4.69, 9.17) is 4.98 Å². The fraction of sp³-hybridized carbons (Fsp3) is 0.379. The van der Waals surface area contributed by atoms with Gasteiger partial charge in [-0.3, -0.25) is 4.79 Å². The molecule has 2 aromatic carbocycles. The summed E-state index contributed by atoms with van der Waals surface area (Å²) in [5, 5.41) is 7.33. The van der Waals surface area contributed by atoms with Gasteiger partial charge in [-0.2, -0.15) is 0 Å². The minimum atomic E-state index is -0.0376. The number of amides is 1. The predicted molar refractivity (Wildman–Crippen MR) is 142 cm³/mol. The lowest BCUT2D eigenvalue weighted by atomic mass is 10.0. The number of hydrogen-bond acceptors (Lipinski definition) is 4. The Morgan fingerprint density at radius 3 is 2.74 bits per heavy atom. The number of pyridine rings is 1. The highest BCUT2D eigenvalue weighted by Gasteiger charge is 2.17. The third-order valence-electron chi connectivity index (χ3n) is 6.57. The molecule has 1 aliphatic heterocycles. The molecule has 1 aliphatic rings. The van der Waals surface area contributed by atoms with Gasteiger partial charge in [-0.15, -0.1) is 0 Å². The van der Waals surface area contributed by atoms with Crippen LogP contribution in [0.2, 0.25) is 0 Å². The number of para-hydroxylation sites is 1. The summed E-state index contributed by atoms with van der Waals surface area (Å²) in [5.74, 6) is 0.740. The molecule has 1 amide bonds. The van der Waals surface area contributed by atoms with E-state index in [2.05, 4.69) is 36.0 Å². The van der Waals surface area contributed by atoms with Crippen molar-refractivity contribution >= 4 is 22.5 Å². The molecule has 1 saturated heterocycles. The Morgan fingerprint density at radius 2 is 1.97 bits per heavy atom. The van der Waals surface area contributed by atoms with E-state index in [1.165, 1.54) is 25.9 Å². The summed E-state index contributed by atoms with van der Waals surface area (Å²) in [7, 11) is 0. The highest BCUT2D eigenvalue weighted by Crippen LogP contribution is 2.26. The summed E-state index contributed by atoms with van der Waals surface area (Å²) >= 11 is 0. The number of carbonyl (C=O) groups is 1. The molecule has 0 aliphatic carbocycles. The van der Waals surface area contributed by atoms with Gasteiger partial charge in [0.1, 0.15) is 0 Å². The largest absolute Gasteiger partial charge is 0.359 e. The van der Waals surface area contributed by atoms with Gasteiger partial charge in [0.25, 0.3) is 5.91 Å². The summed E-state index contributed by atoms with van der Waals surface area (Å²) in [5.41, 5.74) is 5.25. The van der Waals surface area contributed by atoms with Crippen molar-refractivity contribution in [2.45, 2.75) is 39.5 Å². The second-order valence-corrected chi connectivity index (χ2v) is 9.39. The third-order valence-corrected chi connectivity index (χ3v) is 6.57. The molecule has 34 heavy (non-hydrogen) atoms. The van der Waals surface area contributed by atoms with Gasteiger partial charge in [0.2, 0.25) is 0 Å². The van der Waals surface area contributed by atoms with Crippen LogP contribution in [0.1, 0.15) is 49.9 Å². The van der Waals surface area contributed by atoms with Gasteiger partial charge in [-0.05, 0) is 69.0 Å². The number of likely N-dealkylation sites (tertiary alicyclic amines) is 1. The number of aromatic nitrogens is 1. The van der Waals surface area contributed by atoms with Gasteiger partial charge in [0.15, 0.2) is 0 Å². The molecule has 2 N–H and O–H groups in total. The number of carbonyl (C=O) groups excluding carboxylic acids is 1. The third kappa shape index (κ3) is 6.03. The van der Waals surface area contributed by atoms with Crippen molar-refractivity contribution < 1.29 is 4.79 Å². The molecule has 2 heterocycles. The fourth-order valence-electron chi connectivity index (χ4n) is 4.62. The van der Waals surface area contributed by atoms with Crippen LogP contribution in [-0.2, 0) is 0 Å². The molecule has 1 aromatic heterocycles. The Hall–Kier alpha value is -3.18. The summed E-state index contributed by atoms with van der Waals surface area (Å²) in [6.07, 6.45) is 4.46. The Bertz CT molecular complexity index is 1140. The Kier molecular flexibility index (Phi) is 7.96. The van der Waals surface area contributed by atoms with Crippen LogP contribution in [0.15, 0.2) is 66.9 Å². The van der Waals surface area contributed by atoms with E-state index in [0.717, 1.165) is 58.8 Å². The SMILES string of the molecule is C=C(CC)Nc1ccc(-c2cc(C(=O)NCCCN3CCCC(C)C3)c3ccccc3n2)cc1. The first-order valence-corrected chi connectivity index (χ1v) is 12.5. The molecular weight excluding hydrogens is 420 g/mol. The summed E-state index contributed by atoms with van der Waals surface area (Å²) in [6, 6.07) is 17.9. The van der Waals surface area contributed by atoms with Gasteiger partial charge >= 0.3 is 0 Å². The Morgan fingerprint density at radius 1 is 1.18 bits per heavy atom. The first-order chi connectivity index (χ1) is 16.5. The minimum Gasteiger partial charge on any atom is -0.359 e. The zero-order valence-corrected chi connectivity index (χ0v) is 20.4. The standard InChI is InChI=1S/C29H36N4O/c1-4-22(3)31-24-14-12-23(13-15-24)28-19-26(25-10-5-6-11-27(25)32-28)29(34)30-16-8-18-33-17-7-9-21(2)20-33/h5-6,10-15,19,21,31H,3-4,7-9,16-18,20H2,1-2H3,(H,30,34). The van der Waals surface area contributed by atoms with Crippen molar-refractivity contribution in [1.82, 2.24) is 15.2 Å². The number of hydrogen-bond donors (Lipinski definition) is 2. The first kappa shape index (κ1) is 24.0. The van der Waals surface area contributed by atoms with E-state index in [1.54, 1.807) is 0 Å². The van der Waals surface area contributed by atoms with Crippen LogP contribution >= 0.6 is 0 Å². The molecule has 5 nitrogen and oxygen atoms in total. The van der Waals surface area contributed by atoms with Gasteiger partial charge in [0, 0.05) is 35.4 Å². The van der Waals surface area contributed by atoms with Crippen molar-refractivity contribution in [1.29, 1.82) is 0 Å². The van der Waals surface area contributed by atoms with E-state index in [-0.39, 0.29) is 5.91 Å². The van der Waals surface area contributed by atoms with E-state index in [9.17, 15) is 4.79 Å². The topological polar surface area (TPSA) is 57.3 Å².